The summed E-state index contributed by atoms with van der Waals surface area (Å²) in [5, 5.41) is 10.8. The molecular formula is C20H21F3O5S2. The maximum absolute atomic E-state index is 12.5. The number of halogens is 3. The molecule has 0 radical (unpaired) electrons. The lowest BCUT2D eigenvalue weighted by molar-refractivity contribution is -0.0328. The Morgan fingerprint density at radius 1 is 1.17 bits per heavy atom. The van der Waals surface area contributed by atoms with Gasteiger partial charge in [0.1, 0.15) is 0 Å². The van der Waals surface area contributed by atoms with Crippen LogP contribution in [0.5, 0.6) is 11.5 Å². The molecule has 2 aromatic carbocycles. The minimum Gasteiger partial charge on any atom is -0.493 e. The third-order valence-electron chi connectivity index (χ3n) is 4.90. The summed E-state index contributed by atoms with van der Waals surface area (Å²) in [4.78, 5) is 0.102. The number of alkyl halides is 3. The predicted octanol–water partition coefficient (Wildman–Crippen LogP) is 4.48. The van der Waals surface area contributed by atoms with Gasteiger partial charge in [-0.1, -0.05) is 12.1 Å². The quantitative estimate of drug-likeness (QED) is 0.483. The van der Waals surface area contributed by atoms with Crippen molar-refractivity contribution in [1.29, 1.82) is 0 Å². The summed E-state index contributed by atoms with van der Waals surface area (Å²) in [6.07, 6.45) is 0.118. The highest BCUT2D eigenvalue weighted by atomic mass is 32.2. The fourth-order valence-electron chi connectivity index (χ4n) is 3.45. The Morgan fingerprint density at radius 3 is 2.40 bits per heavy atom. The van der Waals surface area contributed by atoms with Crippen molar-refractivity contribution in [2.75, 3.05) is 12.9 Å². The van der Waals surface area contributed by atoms with E-state index >= 15 is 0 Å². The molecule has 3 rings (SSSR count). The second kappa shape index (κ2) is 8.68. The molecular weight excluding hydrogens is 441 g/mol. The zero-order chi connectivity index (χ0) is 22.1. The van der Waals surface area contributed by atoms with E-state index in [1.54, 1.807) is 18.2 Å². The maximum Gasteiger partial charge on any atom is 0.446 e. The summed E-state index contributed by atoms with van der Waals surface area (Å²) in [6.45, 7) is 1.46. The van der Waals surface area contributed by atoms with E-state index in [1.807, 2.05) is 0 Å². The number of hydrogen-bond donors (Lipinski definition) is 1. The van der Waals surface area contributed by atoms with Crippen molar-refractivity contribution in [1.82, 2.24) is 0 Å². The van der Waals surface area contributed by atoms with Crippen LogP contribution in [0.4, 0.5) is 13.2 Å². The summed E-state index contributed by atoms with van der Waals surface area (Å²) in [7, 11) is -2.36. The van der Waals surface area contributed by atoms with Crippen LogP contribution in [0.1, 0.15) is 29.7 Å². The van der Waals surface area contributed by atoms with Gasteiger partial charge in [-0.25, -0.2) is 0 Å². The average Bonchev–Trinajstić information content (AvgIpc) is 2.96. The number of aliphatic hydroxyl groups excluding tert-OH is 1. The molecule has 2 aromatic rings. The van der Waals surface area contributed by atoms with Crippen molar-refractivity contribution < 1.29 is 35.6 Å². The van der Waals surface area contributed by atoms with E-state index in [2.05, 4.69) is 0 Å². The lowest BCUT2D eigenvalue weighted by Crippen LogP contribution is -2.13. The number of benzene rings is 2. The van der Waals surface area contributed by atoms with Crippen molar-refractivity contribution in [3.05, 3.63) is 53.1 Å². The molecule has 0 saturated heterocycles. The molecule has 0 saturated carbocycles. The number of fused-ring (bicyclic) bond motifs is 1. The van der Waals surface area contributed by atoms with Crippen LogP contribution in [0.25, 0.3) is 0 Å². The van der Waals surface area contributed by atoms with Gasteiger partial charge in [-0.3, -0.25) is 0 Å². The van der Waals surface area contributed by atoms with E-state index in [1.165, 1.54) is 32.2 Å². The van der Waals surface area contributed by atoms with Crippen LogP contribution in [0, 0.1) is 5.92 Å². The Morgan fingerprint density at radius 2 is 1.83 bits per heavy atom. The van der Waals surface area contributed by atoms with Crippen LogP contribution in [-0.2, 0) is 23.0 Å². The molecule has 2 unspecified atom stereocenters. The zero-order valence-corrected chi connectivity index (χ0v) is 17.9. The predicted molar refractivity (Wildman–Crippen MR) is 107 cm³/mol. The third kappa shape index (κ3) is 5.41. The van der Waals surface area contributed by atoms with E-state index in [9.17, 15) is 26.7 Å². The van der Waals surface area contributed by atoms with Crippen molar-refractivity contribution in [3.63, 3.8) is 0 Å². The van der Waals surface area contributed by atoms with E-state index in [4.69, 9.17) is 8.92 Å². The fraction of sp³-hybridized carbons (Fsp3) is 0.400. The first-order chi connectivity index (χ1) is 14.0. The first-order valence-electron chi connectivity index (χ1n) is 9.17. The summed E-state index contributed by atoms with van der Waals surface area (Å²) in [6, 6.07) is 9.19. The molecule has 0 heterocycles. The van der Waals surface area contributed by atoms with Crippen LogP contribution < -0.4 is 8.92 Å². The summed E-state index contributed by atoms with van der Waals surface area (Å²) < 4.78 is 71.4. The number of methoxy groups -OCH3 is 1. The fourth-order valence-corrected chi connectivity index (χ4v) is 4.51. The van der Waals surface area contributed by atoms with E-state index in [0.717, 1.165) is 11.1 Å². The van der Waals surface area contributed by atoms with Gasteiger partial charge in [0.2, 0.25) is 0 Å². The van der Waals surface area contributed by atoms with Gasteiger partial charge in [-0.15, -0.1) is 0 Å². The van der Waals surface area contributed by atoms with Crippen molar-refractivity contribution in [2.45, 2.75) is 36.3 Å². The second-order valence-corrected chi connectivity index (χ2v) is 9.93. The highest BCUT2D eigenvalue weighted by Crippen LogP contribution is 2.44. The Balaban J connectivity index is 1.77. The van der Waals surface area contributed by atoms with Gasteiger partial charge in [0.25, 0.3) is 0 Å². The van der Waals surface area contributed by atoms with Crippen molar-refractivity contribution in [3.8, 4) is 11.5 Å². The molecule has 0 bridgehead atoms. The van der Waals surface area contributed by atoms with Gasteiger partial charge in [-0.2, -0.15) is 21.6 Å². The molecule has 1 aliphatic rings. The molecule has 0 spiro atoms. The Kier molecular flexibility index (Phi) is 6.59. The molecule has 0 aromatic heterocycles. The minimum atomic E-state index is -4.34. The van der Waals surface area contributed by atoms with E-state index in [-0.39, 0.29) is 39.8 Å². The number of rotatable bonds is 7. The number of ether oxygens (including phenoxy) is 1. The first kappa shape index (κ1) is 22.8. The van der Waals surface area contributed by atoms with E-state index < -0.39 is 21.7 Å². The normalized spacial score (nSPS) is 18.9. The zero-order valence-electron chi connectivity index (χ0n) is 16.3. The molecule has 1 aliphatic carbocycles. The Hall–Kier alpha value is -1.91. The molecule has 164 valence electrons. The van der Waals surface area contributed by atoms with Crippen molar-refractivity contribution >= 4 is 21.9 Å². The standard InChI is InChI=1S/C20H21F3O5S2/c1-3-30(25,26)28-18-11-16-13(10-17(18)27-2)9-14(19(16)24)8-12-4-6-15(7-5-12)29-20(21,22)23/h4-7,10-11,14,19,24H,3,8-9H2,1-2H3. The second-order valence-electron chi connectivity index (χ2n) is 6.94. The molecule has 0 aliphatic heterocycles. The van der Waals surface area contributed by atoms with Gasteiger partial charge in [0.15, 0.2) is 11.5 Å². The van der Waals surface area contributed by atoms with Gasteiger partial charge in [0, 0.05) is 4.90 Å². The van der Waals surface area contributed by atoms with Crippen LogP contribution in [0.2, 0.25) is 0 Å². The first-order valence-corrected chi connectivity index (χ1v) is 11.6. The Bertz CT molecular complexity index is 1000. The smallest absolute Gasteiger partial charge is 0.446 e. The molecule has 0 amide bonds. The van der Waals surface area contributed by atoms with Gasteiger partial charge in [-0.05, 0) is 78.4 Å². The summed E-state index contributed by atoms with van der Waals surface area (Å²) >= 11 is -0.172. The molecule has 1 N–H and O–H groups in total. The van der Waals surface area contributed by atoms with Crippen LogP contribution in [0.15, 0.2) is 41.3 Å². The lowest BCUT2D eigenvalue weighted by atomic mass is 9.95. The van der Waals surface area contributed by atoms with Crippen LogP contribution in [-0.4, -0.2) is 31.9 Å². The van der Waals surface area contributed by atoms with Gasteiger partial charge >= 0.3 is 15.6 Å². The SMILES string of the molecule is CCS(=O)(=O)Oc1cc2c(cc1OC)CC(Cc1ccc(SC(F)(F)F)cc1)C2O. The van der Waals surface area contributed by atoms with Gasteiger partial charge in [0.05, 0.1) is 19.0 Å². The molecule has 5 nitrogen and oxygen atoms in total. The number of hydrogen-bond acceptors (Lipinski definition) is 6. The van der Waals surface area contributed by atoms with Gasteiger partial charge < -0.3 is 14.0 Å². The minimum absolute atomic E-state index is 0.0197. The van der Waals surface area contributed by atoms with E-state index in [0.29, 0.717) is 18.4 Å². The molecule has 2 atom stereocenters. The monoisotopic (exact) mass is 462 g/mol. The number of aliphatic hydroxyl groups is 1. The summed E-state index contributed by atoms with van der Waals surface area (Å²) in [5.74, 6) is -0.136. The van der Waals surface area contributed by atoms with Crippen LogP contribution >= 0.6 is 11.8 Å². The summed E-state index contributed by atoms with van der Waals surface area (Å²) in [5.41, 5.74) is -2.16. The average molecular weight is 463 g/mol. The van der Waals surface area contributed by atoms with Crippen LogP contribution in [0.3, 0.4) is 0 Å². The Labute approximate surface area is 177 Å². The highest BCUT2D eigenvalue weighted by Gasteiger charge is 2.33. The maximum atomic E-state index is 12.5. The molecule has 30 heavy (non-hydrogen) atoms. The van der Waals surface area contributed by atoms with Crippen molar-refractivity contribution in [2.24, 2.45) is 5.92 Å². The molecule has 10 heteroatoms. The lowest BCUT2D eigenvalue weighted by Gasteiger charge is -2.16. The highest BCUT2D eigenvalue weighted by molar-refractivity contribution is 8.00. The third-order valence-corrected chi connectivity index (χ3v) is 6.78. The topological polar surface area (TPSA) is 72.8 Å². The largest absolute Gasteiger partial charge is 0.493 e. The number of thioether (sulfide) groups is 1. The molecule has 0 fully saturated rings.